The molecular formula is C17H24N4O3SSi. The number of rotatable bonds is 6. The molecule has 1 N–H and O–H groups in total. The van der Waals surface area contributed by atoms with Gasteiger partial charge in [-0.15, -0.1) is 0 Å². The molecule has 1 aliphatic rings. The van der Waals surface area contributed by atoms with Gasteiger partial charge in [-0.25, -0.2) is 9.97 Å². The van der Waals surface area contributed by atoms with Gasteiger partial charge in [-0.2, -0.15) is 0 Å². The number of ether oxygens (including phenoxy) is 1. The Hall–Kier alpha value is -1.81. The summed E-state index contributed by atoms with van der Waals surface area (Å²) in [5.41, 5.74) is 0. The van der Waals surface area contributed by atoms with E-state index >= 15 is 0 Å². The monoisotopic (exact) mass is 392 g/mol. The second-order valence-electron chi connectivity index (χ2n) is 7.15. The molecule has 0 atom stereocenters. The first kappa shape index (κ1) is 19.0. The number of aromatic nitrogens is 2. The van der Waals surface area contributed by atoms with Crippen molar-refractivity contribution in [2.24, 2.45) is 0 Å². The number of morpholine rings is 1. The molecule has 7 nitrogen and oxygen atoms in total. The Morgan fingerprint density at radius 1 is 1.27 bits per heavy atom. The first-order chi connectivity index (χ1) is 12.4. The number of carbonyl (C=O) groups is 1. The maximum atomic E-state index is 12.1. The molecule has 1 amide bonds. The van der Waals surface area contributed by atoms with Crippen molar-refractivity contribution in [3.63, 3.8) is 0 Å². The third kappa shape index (κ3) is 5.34. The minimum Gasteiger partial charge on any atom is -0.447 e. The highest BCUT2D eigenvalue weighted by Crippen LogP contribution is 2.20. The van der Waals surface area contributed by atoms with E-state index in [0.29, 0.717) is 30.8 Å². The van der Waals surface area contributed by atoms with E-state index in [9.17, 15) is 4.79 Å². The topological polar surface area (TPSA) is 80.5 Å². The largest absolute Gasteiger partial charge is 0.447 e. The fraction of sp³-hybridized carbons (Fsp3) is 0.471. The lowest BCUT2D eigenvalue weighted by Crippen LogP contribution is -2.41. The van der Waals surface area contributed by atoms with Crippen molar-refractivity contribution in [3.05, 3.63) is 23.2 Å². The second-order valence-corrected chi connectivity index (χ2v) is 13.2. The molecule has 0 unspecified atom stereocenters. The lowest BCUT2D eigenvalue weighted by atomic mass is 10.4. The summed E-state index contributed by atoms with van der Waals surface area (Å²) in [6.07, 6.45) is 7.27. The molecule has 0 spiro atoms. The summed E-state index contributed by atoms with van der Waals surface area (Å²) in [5.74, 6) is 0.540. The molecule has 0 aliphatic carbocycles. The van der Waals surface area contributed by atoms with E-state index in [1.54, 1.807) is 6.20 Å². The molecule has 26 heavy (non-hydrogen) atoms. The minimum atomic E-state index is -1.49. The number of hydrogen-bond acceptors (Lipinski definition) is 7. The van der Waals surface area contributed by atoms with Crippen LogP contribution in [0.5, 0.6) is 0 Å². The van der Waals surface area contributed by atoms with Crippen molar-refractivity contribution in [2.75, 3.05) is 38.2 Å². The molecule has 0 bridgehead atoms. The van der Waals surface area contributed by atoms with Crippen LogP contribution in [0.15, 0.2) is 16.8 Å². The van der Waals surface area contributed by atoms with Gasteiger partial charge in [-0.1, -0.05) is 31.0 Å². The Morgan fingerprint density at radius 3 is 2.73 bits per heavy atom. The molecule has 140 valence electrons. The Balaban J connectivity index is 1.54. The average Bonchev–Trinajstić information content (AvgIpc) is 3.22. The number of hydrogen-bond donors (Lipinski definition) is 1. The van der Waals surface area contributed by atoms with Gasteiger partial charge in [0.15, 0.2) is 5.13 Å². The van der Waals surface area contributed by atoms with Crippen molar-refractivity contribution in [3.8, 4) is 0 Å². The van der Waals surface area contributed by atoms with Gasteiger partial charge in [0.1, 0.15) is 13.5 Å². The molecule has 0 radical (unpaired) electrons. The quantitative estimate of drug-likeness (QED) is 0.759. The first-order valence-corrected chi connectivity index (χ1v) is 12.9. The molecule has 1 saturated heterocycles. The molecule has 9 heteroatoms. The predicted molar refractivity (Wildman–Crippen MR) is 106 cm³/mol. The van der Waals surface area contributed by atoms with Gasteiger partial charge < -0.3 is 14.5 Å². The summed E-state index contributed by atoms with van der Waals surface area (Å²) in [7, 11) is -1.49. The van der Waals surface area contributed by atoms with Gasteiger partial charge in [0.25, 0.3) is 0 Å². The van der Waals surface area contributed by atoms with Crippen molar-refractivity contribution in [2.45, 2.75) is 19.6 Å². The molecule has 3 rings (SSSR count). The van der Waals surface area contributed by atoms with Crippen molar-refractivity contribution < 1.29 is 13.9 Å². The van der Waals surface area contributed by atoms with Crippen LogP contribution in [-0.4, -0.2) is 61.7 Å². The highest BCUT2D eigenvalue weighted by atomic mass is 32.1. The van der Waals surface area contributed by atoms with E-state index in [1.807, 2.05) is 18.3 Å². The first-order valence-electron chi connectivity index (χ1n) is 8.60. The molecule has 2 aromatic heterocycles. The number of thiazole rings is 1. The van der Waals surface area contributed by atoms with Crippen LogP contribution in [0.1, 0.15) is 10.8 Å². The van der Waals surface area contributed by atoms with E-state index in [0.717, 1.165) is 23.4 Å². The molecule has 1 fully saturated rings. The highest BCUT2D eigenvalue weighted by Gasteiger charge is 2.21. The number of carbonyl (C=O) groups excluding carboxylic acids is 1. The highest BCUT2D eigenvalue weighted by molar-refractivity contribution is 7.16. The Bertz CT molecular complexity index is 775. The summed E-state index contributed by atoms with van der Waals surface area (Å²) in [6, 6.07) is 0. The third-order valence-corrected chi connectivity index (χ3v) is 6.48. The van der Waals surface area contributed by atoms with Crippen LogP contribution in [0, 0.1) is 0 Å². The van der Waals surface area contributed by atoms with Gasteiger partial charge in [-0.3, -0.25) is 9.69 Å². The summed E-state index contributed by atoms with van der Waals surface area (Å²) in [6.45, 7) is 9.95. The molecule has 0 saturated carbocycles. The Morgan fingerprint density at radius 2 is 2.04 bits per heavy atom. The van der Waals surface area contributed by atoms with Crippen molar-refractivity contribution in [1.29, 1.82) is 0 Å². The Kier molecular flexibility index (Phi) is 6.02. The van der Waals surface area contributed by atoms with E-state index in [4.69, 9.17) is 9.15 Å². The number of nitrogens with zero attached hydrogens (tertiary/aromatic N) is 3. The SMILES string of the molecule is C[Si](C)(C)c1cnc(C=Cc2cnc(NC(=O)CN3CCOCC3)s2)o1. The zero-order valence-electron chi connectivity index (χ0n) is 15.3. The summed E-state index contributed by atoms with van der Waals surface area (Å²) in [5, 5.41) is 4.43. The Labute approximate surface area is 158 Å². The molecule has 3 heterocycles. The molecule has 0 aromatic carbocycles. The standard InChI is InChI=1S/C17H24N4O3SSi/c1-26(2,3)16-11-18-15(24-16)5-4-13-10-19-17(25-13)20-14(22)12-21-6-8-23-9-7-21/h4-5,10-11H,6-9,12H2,1-3H3,(H,19,20,22). The summed E-state index contributed by atoms with van der Waals surface area (Å²) >= 11 is 1.42. The van der Waals surface area contributed by atoms with Gasteiger partial charge >= 0.3 is 0 Å². The maximum absolute atomic E-state index is 12.1. The smallest absolute Gasteiger partial charge is 0.240 e. The van der Waals surface area contributed by atoms with E-state index in [1.165, 1.54) is 11.3 Å². The van der Waals surface area contributed by atoms with Crippen molar-refractivity contribution >= 4 is 48.0 Å². The fourth-order valence-corrected chi connectivity index (χ4v) is 4.01. The number of oxazole rings is 1. The average molecular weight is 393 g/mol. The van der Waals surface area contributed by atoms with Gasteiger partial charge in [0.05, 0.1) is 26.0 Å². The maximum Gasteiger partial charge on any atom is 0.240 e. The number of nitrogens with one attached hydrogen (secondary N) is 1. The third-order valence-electron chi connectivity index (χ3n) is 3.89. The van der Waals surface area contributed by atoms with Crippen LogP contribution in [0.3, 0.4) is 0 Å². The van der Waals surface area contributed by atoms with Gasteiger partial charge in [0, 0.05) is 30.2 Å². The fourth-order valence-electron chi connectivity index (χ4n) is 2.41. The second kappa shape index (κ2) is 8.25. The molecular weight excluding hydrogens is 368 g/mol. The van der Waals surface area contributed by atoms with Crippen LogP contribution < -0.4 is 10.7 Å². The number of amides is 1. The lowest BCUT2D eigenvalue weighted by Gasteiger charge is -2.25. The van der Waals surface area contributed by atoms with Crippen LogP contribution in [0.4, 0.5) is 5.13 Å². The van der Waals surface area contributed by atoms with Gasteiger partial charge in [0.2, 0.25) is 11.8 Å². The van der Waals surface area contributed by atoms with Crippen LogP contribution >= 0.6 is 11.3 Å². The normalized spacial score (nSPS) is 16.3. The lowest BCUT2D eigenvalue weighted by molar-refractivity contribution is -0.118. The number of anilines is 1. The van der Waals surface area contributed by atoms with E-state index in [2.05, 4.69) is 39.8 Å². The summed E-state index contributed by atoms with van der Waals surface area (Å²) in [4.78, 5) is 23.7. The zero-order chi connectivity index (χ0) is 18.6. The van der Waals surface area contributed by atoms with Crippen LogP contribution in [0.25, 0.3) is 12.2 Å². The summed E-state index contributed by atoms with van der Waals surface area (Å²) < 4.78 is 11.1. The van der Waals surface area contributed by atoms with Crippen molar-refractivity contribution in [1.82, 2.24) is 14.9 Å². The van der Waals surface area contributed by atoms with Gasteiger partial charge in [-0.05, 0) is 6.08 Å². The van der Waals surface area contributed by atoms with E-state index < -0.39 is 8.07 Å². The zero-order valence-corrected chi connectivity index (χ0v) is 17.1. The molecule has 1 aliphatic heterocycles. The van der Waals surface area contributed by atoms with E-state index in [-0.39, 0.29) is 5.91 Å². The minimum absolute atomic E-state index is 0.0516. The predicted octanol–water partition coefficient (Wildman–Crippen LogP) is 2.12. The molecule has 2 aromatic rings. The van der Waals surface area contributed by atoms with Crippen LogP contribution in [0.2, 0.25) is 19.6 Å². The van der Waals surface area contributed by atoms with Crippen LogP contribution in [-0.2, 0) is 9.53 Å².